The summed E-state index contributed by atoms with van der Waals surface area (Å²) in [4.78, 5) is 17.4. The van der Waals surface area contributed by atoms with Gasteiger partial charge in [0.2, 0.25) is 0 Å². The van der Waals surface area contributed by atoms with Gasteiger partial charge < -0.3 is 18.9 Å². The van der Waals surface area contributed by atoms with E-state index < -0.39 is 0 Å². The number of aryl methyl sites for hydroxylation is 2. The summed E-state index contributed by atoms with van der Waals surface area (Å²) in [5, 5.41) is 3.86. The van der Waals surface area contributed by atoms with E-state index in [9.17, 15) is 4.79 Å². The number of hydrogen-bond acceptors (Lipinski definition) is 4. The maximum absolute atomic E-state index is 12.8. The molecule has 0 spiro atoms. The van der Waals surface area contributed by atoms with Crippen molar-refractivity contribution < 1.29 is 13.9 Å². The van der Waals surface area contributed by atoms with Crippen LogP contribution in [-0.2, 0) is 6.61 Å². The third-order valence-electron chi connectivity index (χ3n) is 5.26. The van der Waals surface area contributed by atoms with Gasteiger partial charge >= 0.3 is 0 Å². The number of nitrogens with zero attached hydrogens (tertiary/aromatic N) is 2. The van der Waals surface area contributed by atoms with E-state index in [2.05, 4.69) is 10.3 Å². The molecule has 0 radical (unpaired) electrons. The average molecular weight is 411 g/mol. The molecule has 0 saturated heterocycles. The van der Waals surface area contributed by atoms with Crippen LogP contribution < -0.4 is 10.1 Å². The van der Waals surface area contributed by atoms with Crippen LogP contribution in [0.2, 0.25) is 0 Å². The Morgan fingerprint density at radius 2 is 1.97 bits per heavy atom. The molecule has 1 amide bonds. The highest BCUT2D eigenvalue weighted by Gasteiger charge is 2.18. The molecule has 0 atom stereocenters. The van der Waals surface area contributed by atoms with Gasteiger partial charge in [0.1, 0.15) is 23.6 Å². The summed E-state index contributed by atoms with van der Waals surface area (Å²) in [7, 11) is 0. The van der Waals surface area contributed by atoms with Crippen LogP contribution in [0.5, 0.6) is 5.75 Å². The average Bonchev–Trinajstić information content (AvgIpc) is 3.34. The fourth-order valence-electron chi connectivity index (χ4n) is 3.67. The number of rotatable bonds is 5. The molecule has 0 unspecified atom stereocenters. The molecule has 2 aromatic carbocycles. The number of furan rings is 1. The second-order valence-electron chi connectivity index (χ2n) is 7.48. The topological polar surface area (TPSA) is 68.8 Å². The Morgan fingerprint density at radius 3 is 2.81 bits per heavy atom. The molecule has 1 N–H and O–H groups in total. The van der Waals surface area contributed by atoms with E-state index in [-0.39, 0.29) is 5.91 Å². The molecular weight excluding hydrogens is 390 g/mol. The van der Waals surface area contributed by atoms with Crippen molar-refractivity contribution in [1.82, 2.24) is 9.38 Å². The number of nitrogens with one attached hydrogen (secondary N) is 1. The molecule has 6 heteroatoms. The summed E-state index contributed by atoms with van der Waals surface area (Å²) in [6, 6.07) is 19.0. The van der Waals surface area contributed by atoms with Crippen molar-refractivity contribution in [2.45, 2.75) is 20.5 Å². The van der Waals surface area contributed by atoms with E-state index in [1.807, 2.05) is 85.2 Å². The van der Waals surface area contributed by atoms with Gasteiger partial charge in [-0.1, -0.05) is 30.3 Å². The van der Waals surface area contributed by atoms with Gasteiger partial charge in [0.05, 0.1) is 5.69 Å². The highest BCUT2D eigenvalue weighted by Crippen LogP contribution is 2.28. The lowest BCUT2D eigenvalue weighted by Gasteiger charge is -2.08. The van der Waals surface area contributed by atoms with Crippen LogP contribution >= 0.6 is 0 Å². The highest BCUT2D eigenvalue weighted by molar-refractivity contribution is 6.06. The van der Waals surface area contributed by atoms with Crippen LogP contribution in [0.1, 0.15) is 27.4 Å². The Bertz CT molecular complexity index is 1380. The zero-order valence-corrected chi connectivity index (χ0v) is 17.3. The van der Waals surface area contributed by atoms with Crippen molar-refractivity contribution in [3.63, 3.8) is 0 Å². The van der Waals surface area contributed by atoms with Crippen molar-refractivity contribution in [2.75, 3.05) is 5.32 Å². The molecule has 5 aromatic rings. The summed E-state index contributed by atoms with van der Waals surface area (Å²) < 4.78 is 13.7. The Balaban J connectivity index is 1.31. The van der Waals surface area contributed by atoms with Gasteiger partial charge in [-0.2, -0.15) is 0 Å². The first-order chi connectivity index (χ1) is 15.1. The molecule has 0 saturated carbocycles. The molecule has 31 heavy (non-hydrogen) atoms. The molecule has 5 rings (SSSR count). The number of benzene rings is 2. The maximum Gasteiger partial charge on any atom is 0.291 e. The first kappa shape index (κ1) is 18.9. The minimum Gasteiger partial charge on any atom is -0.487 e. The standard InChI is InChI=1S/C25H21N3O3/c1-16-7-5-10-21-17(2)24(31-23(16)21)25(29)27-18-8-6-9-20(13-18)30-15-19-14-28-12-4-3-11-22(28)26-19/h3-14H,15H2,1-2H3,(H,27,29). The third kappa shape index (κ3) is 3.64. The summed E-state index contributed by atoms with van der Waals surface area (Å²) in [5.41, 5.74) is 4.91. The van der Waals surface area contributed by atoms with Gasteiger partial charge in [0.25, 0.3) is 5.91 Å². The number of anilines is 1. The van der Waals surface area contributed by atoms with Crippen molar-refractivity contribution in [3.05, 3.63) is 95.6 Å². The van der Waals surface area contributed by atoms with Crippen LogP contribution in [-0.4, -0.2) is 15.3 Å². The van der Waals surface area contributed by atoms with Gasteiger partial charge in [-0.15, -0.1) is 0 Å². The fraction of sp³-hybridized carbons (Fsp3) is 0.120. The van der Waals surface area contributed by atoms with Crippen molar-refractivity contribution in [1.29, 1.82) is 0 Å². The number of amides is 1. The number of aromatic nitrogens is 2. The van der Waals surface area contributed by atoms with E-state index in [1.165, 1.54) is 0 Å². The zero-order valence-electron chi connectivity index (χ0n) is 17.3. The third-order valence-corrected chi connectivity index (χ3v) is 5.26. The Hall–Kier alpha value is -4.06. The second kappa shape index (κ2) is 7.65. The van der Waals surface area contributed by atoms with Crippen LogP contribution in [0.3, 0.4) is 0 Å². The van der Waals surface area contributed by atoms with Crippen molar-refractivity contribution in [2.24, 2.45) is 0 Å². The zero-order chi connectivity index (χ0) is 21.4. The number of imidazole rings is 1. The van der Waals surface area contributed by atoms with E-state index in [4.69, 9.17) is 9.15 Å². The monoisotopic (exact) mass is 411 g/mol. The molecule has 0 bridgehead atoms. The Labute approximate surface area is 179 Å². The number of fused-ring (bicyclic) bond motifs is 2. The number of para-hydroxylation sites is 1. The van der Waals surface area contributed by atoms with Crippen LogP contribution in [0.15, 0.2) is 77.5 Å². The predicted molar refractivity (Wildman–Crippen MR) is 120 cm³/mol. The largest absolute Gasteiger partial charge is 0.487 e. The summed E-state index contributed by atoms with van der Waals surface area (Å²) in [6.07, 6.45) is 3.89. The highest BCUT2D eigenvalue weighted by atomic mass is 16.5. The lowest BCUT2D eigenvalue weighted by Crippen LogP contribution is -2.12. The van der Waals surface area contributed by atoms with Gasteiger partial charge in [0.15, 0.2) is 5.76 Å². The summed E-state index contributed by atoms with van der Waals surface area (Å²) in [5.74, 6) is 0.679. The molecule has 0 aliphatic rings. The predicted octanol–water partition coefficient (Wildman–Crippen LogP) is 5.53. The number of hydrogen-bond donors (Lipinski definition) is 1. The van der Waals surface area contributed by atoms with E-state index in [0.717, 1.165) is 33.4 Å². The smallest absolute Gasteiger partial charge is 0.291 e. The minimum atomic E-state index is -0.286. The van der Waals surface area contributed by atoms with Gasteiger partial charge in [0, 0.05) is 35.1 Å². The van der Waals surface area contributed by atoms with Crippen molar-refractivity contribution in [3.8, 4) is 5.75 Å². The first-order valence-corrected chi connectivity index (χ1v) is 10.0. The number of pyridine rings is 1. The molecule has 0 aliphatic heterocycles. The van der Waals surface area contributed by atoms with Crippen LogP contribution in [0.25, 0.3) is 16.6 Å². The number of carbonyl (C=O) groups is 1. The van der Waals surface area contributed by atoms with Crippen molar-refractivity contribution >= 4 is 28.2 Å². The van der Waals surface area contributed by atoms with Gasteiger partial charge in [-0.05, 0) is 43.7 Å². The van der Waals surface area contributed by atoms with E-state index in [0.29, 0.717) is 23.8 Å². The number of carbonyl (C=O) groups excluding carboxylic acids is 1. The molecule has 3 heterocycles. The lowest BCUT2D eigenvalue weighted by atomic mass is 10.1. The fourth-order valence-corrected chi connectivity index (χ4v) is 3.67. The molecular formula is C25H21N3O3. The SMILES string of the molecule is Cc1c(C(=O)Nc2cccc(OCc3cn4ccccc4n3)c2)oc2c(C)cccc12. The first-order valence-electron chi connectivity index (χ1n) is 10.0. The molecule has 0 aliphatic carbocycles. The van der Waals surface area contributed by atoms with E-state index >= 15 is 0 Å². The second-order valence-corrected chi connectivity index (χ2v) is 7.48. The summed E-state index contributed by atoms with van der Waals surface area (Å²) >= 11 is 0. The Kier molecular flexibility index (Phi) is 4.67. The normalized spacial score (nSPS) is 11.2. The van der Waals surface area contributed by atoms with Gasteiger partial charge in [-0.25, -0.2) is 4.98 Å². The van der Waals surface area contributed by atoms with Crippen LogP contribution in [0.4, 0.5) is 5.69 Å². The lowest BCUT2D eigenvalue weighted by molar-refractivity contribution is 0.0998. The quantitative estimate of drug-likeness (QED) is 0.413. The minimum absolute atomic E-state index is 0.286. The van der Waals surface area contributed by atoms with Gasteiger partial charge in [-0.3, -0.25) is 4.79 Å². The Morgan fingerprint density at radius 1 is 1.10 bits per heavy atom. The summed E-state index contributed by atoms with van der Waals surface area (Å²) in [6.45, 7) is 4.20. The molecule has 6 nitrogen and oxygen atoms in total. The van der Waals surface area contributed by atoms with Crippen LogP contribution in [0, 0.1) is 13.8 Å². The maximum atomic E-state index is 12.8. The number of ether oxygens (including phenoxy) is 1. The molecule has 154 valence electrons. The molecule has 3 aromatic heterocycles. The molecule has 0 fully saturated rings. The van der Waals surface area contributed by atoms with E-state index in [1.54, 1.807) is 6.07 Å².